The minimum absolute atomic E-state index is 0.0332. The molecule has 3 atom stereocenters. The van der Waals surface area contributed by atoms with E-state index in [1.807, 2.05) is 12.1 Å². The second-order valence-corrected chi connectivity index (χ2v) is 9.73. The van der Waals surface area contributed by atoms with Crippen molar-refractivity contribution in [2.75, 3.05) is 32.1 Å². The standard InChI is InChI=1S/C25H29F3N4O4/c1-24(2)17-7-5-4-6-15(17)12-20(24)30-16-8-9-18(29-13-16)21(25(26,27)28)31(3)22(33)19-14-32(23(34)35)10-11-36-19/h4-9,13,19-21,30H,10-12,14H2,1-3H3,(H,34,35)/t19-,20-,21?/m0/s1. The van der Waals surface area contributed by atoms with Crippen LogP contribution in [0.4, 0.5) is 23.7 Å². The second kappa shape index (κ2) is 9.61. The van der Waals surface area contributed by atoms with E-state index in [0.29, 0.717) is 10.6 Å². The van der Waals surface area contributed by atoms with Crippen molar-refractivity contribution in [3.8, 4) is 0 Å². The Labute approximate surface area is 207 Å². The average molecular weight is 507 g/mol. The number of nitrogens with one attached hydrogen (secondary N) is 1. The van der Waals surface area contributed by atoms with Crippen molar-refractivity contribution >= 4 is 17.7 Å². The van der Waals surface area contributed by atoms with Crippen LogP contribution in [-0.4, -0.2) is 77.0 Å². The number of carbonyl (C=O) groups excluding carboxylic acids is 1. The van der Waals surface area contributed by atoms with Gasteiger partial charge < -0.3 is 25.0 Å². The fraction of sp³-hybridized carbons (Fsp3) is 0.480. The van der Waals surface area contributed by atoms with E-state index >= 15 is 0 Å². The molecular formula is C25H29F3N4O4. The van der Waals surface area contributed by atoms with Crippen LogP contribution in [0.2, 0.25) is 0 Å². The lowest BCUT2D eigenvalue weighted by atomic mass is 9.83. The SMILES string of the molecule is CN(C(=O)[C@@H]1CN(C(=O)O)CCO1)C(c1ccc(N[C@H]2Cc3ccccc3C2(C)C)cn1)C(F)(F)F. The Balaban J connectivity index is 1.50. The summed E-state index contributed by atoms with van der Waals surface area (Å²) in [4.78, 5) is 29.6. The van der Waals surface area contributed by atoms with E-state index in [-0.39, 0.29) is 36.8 Å². The Bertz CT molecular complexity index is 1120. The number of aromatic nitrogens is 1. The number of nitrogens with zero attached hydrogens (tertiary/aromatic N) is 3. The third-order valence-electron chi connectivity index (χ3n) is 7.07. The van der Waals surface area contributed by atoms with Crippen molar-refractivity contribution in [1.82, 2.24) is 14.8 Å². The van der Waals surface area contributed by atoms with Crippen molar-refractivity contribution in [3.05, 3.63) is 59.4 Å². The van der Waals surface area contributed by atoms with Crippen molar-refractivity contribution < 1.29 is 32.6 Å². The number of carboxylic acid groups (broad SMARTS) is 1. The zero-order valence-electron chi connectivity index (χ0n) is 20.2. The first kappa shape index (κ1) is 25.7. The molecule has 2 N–H and O–H groups in total. The highest BCUT2D eigenvalue weighted by molar-refractivity contribution is 5.82. The first-order valence-electron chi connectivity index (χ1n) is 11.6. The molecule has 2 aliphatic rings. The number of benzene rings is 1. The number of ether oxygens (including phenoxy) is 1. The smallest absolute Gasteiger partial charge is 0.414 e. The van der Waals surface area contributed by atoms with Gasteiger partial charge in [0.2, 0.25) is 0 Å². The van der Waals surface area contributed by atoms with Gasteiger partial charge in [0.15, 0.2) is 12.1 Å². The zero-order chi connectivity index (χ0) is 26.3. The number of fused-ring (bicyclic) bond motifs is 1. The molecule has 1 unspecified atom stereocenters. The van der Waals surface area contributed by atoms with Gasteiger partial charge in [0.1, 0.15) is 0 Å². The van der Waals surface area contributed by atoms with Crippen LogP contribution in [0.5, 0.6) is 0 Å². The van der Waals surface area contributed by atoms with Crippen LogP contribution in [0.1, 0.15) is 36.7 Å². The van der Waals surface area contributed by atoms with Crippen LogP contribution in [0.15, 0.2) is 42.6 Å². The lowest BCUT2D eigenvalue weighted by Gasteiger charge is -2.35. The third kappa shape index (κ3) is 4.97. The molecule has 2 aromatic rings. The molecule has 0 saturated carbocycles. The van der Waals surface area contributed by atoms with E-state index in [1.165, 1.54) is 29.5 Å². The van der Waals surface area contributed by atoms with Crippen molar-refractivity contribution in [2.24, 2.45) is 0 Å². The minimum Gasteiger partial charge on any atom is -0.465 e. The molecule has 2 amide bonds. The summed E-state index contributed by atoms with van der Waals surface area (Å²) in [6.07, 6.45) is -5.26. The molecule has 8 nitrogen and oxygen atoms in total. The Morgan fingerprint density at radius 1 is 1.25 bits per heavy atom. The molecule has 0 spiro atoms. The number of anilines is 1. The van der Waals surface area contributed by atoms with Gasteiger partial charge in [-0.3, -0.25) is 9.78 Å². The number of halogens is 3. The van der Waals surface area contributed by atoms with Gasteiger partial charge in [0.05, 0.1) is 30.7 Å². The zero-order valence-corrected chi connectivity index (χ0v) is 20.2. The van der Waals surface area contributed by atoms with Gasteiger partial charge in [-0.25, -0.2) is 4.79 Å². The van der Waals surface area contributed by atoms with E-state index in [0.717, 1.165) is 18.4 Å². The minimum atomic E-state index is -4.80. The van der Waals surface area contributed by atoms with E-state index in [9.17, 15) is 22.8 Å². The summed E-state index contributed by atoms with van der Waals surface area (Å²) in [6.45, 7) is 3.88. The maximum atomic E-state index is 14.1. The number of amides is 2. The van der Waals surface area contributed by atoms with E-state index < -0.39 is 30.3 Å². The van der Waals surface area contributed by atoms with Gasteiger partial charge in [-0.15, -0.1) is 0 Å². The average Bonchev–Trinajstić information content (AvgIpc) is 3.08. The molecule has 194 valence electrons. The number of alkyl halides is 3. The number of pyridine rings is 1. The van der Waals surface area contributed by atoms with E-state index in [2.05, 4.69) is 36.3 Å². The fourth-order valence-corrected chi connectivity index (χ4v) is 4.99. The number of hydrogen-bond acceptors (Lipinski definition) is 5. The maximum Gasteiger partial charge on any atom is 0.414 e. The summed E-state index contributed by atoms with van der Waals surface area (Å²) >= 11 is 0. The topological polar surface area (TPSA) is 95.0 Å². The van der Waals surface area contributed by atoms with Gasteiger partial charge in [0.25, 0.3) is 5.91 Å². The maximum absolute atomic E-state index is 14.1. The summed E-state index contributed by atoms with van der Waals surface area (Å²) < 4.78 is 47.5. The molecular weight excluding hydrogens is 477 g/mol. The summed E-state index contributed by atoms with van der Waals surface area (Å²) in [5, 5.41) is 12.6. The second-order valence-electron chi connectivity index (χ2n) is 9.73. The van der Waals surface area contributed by atoms with Crippen LogP contribution in [-0.2, 0) is 21.4 Å². The van der Waals surface area contributed by atoms with Crippen LogP contribution in [0.25, 0.3) is 0 Å². The first-order chi connectivity index (χ1) is 16.9. The highest BCUT2D eigenvalue weighted by atomic mass is 19.4. The normalized spacial score (nSPS) is 22.0. The summed E-state index contributed by atoms with van der Waals surface area (Å²) in [7, 11) is 1.02. The van der Waals surface area contributed by atoms with Gasteiger partial charge in [0, 0.05) is 25.0 Å². The summed E-state index contributed by atoms with van der Waals surface area (Å²) in [5.74, 6) is -0.960. The van der Waals surface area contributed by atoms with Crippen LogP contribution in [0, 0.1) is 0 Å². The largest absolute Gasteiger partial charge is 0.465 e. The Hall–Kier alpha value is -3.34. The molecule has 1 aliphatic heterocycles. The predicted molar refractivity (Wildman–Crippen MR) is 126 cm³/mol. The monoisotopic (exact) mass is 506 g/mol. The fourth-order valence-electron chi connectivity index (χ4n) is 4.99. The van der Waals surface area contributed by atoms with Gasteiger partial charge in [-0.1, -0.05) is 38.1 Å². The summed E-state index contributed by atoms with van der Waals surface area (Å²) in [5.41, 5.74) is 2.51. The Morgan fingerprint density at radius 3 is 2.58 bits per heavy atom. The molecule has 11 heteroatoms. The van der Waals surface area contributed by atoms with E-state index in [4.69, 9.17) is 9.84 Å². The number of rotatable bonds is 5. The Kier molecular flexibility index (Phi) is 6.87. The van der Waals surface area contributed by atoms with Gasteiger partial charge in [-0.2, -0.15) is 13.2 Å². The molecule has 4 rings (SSSR count). The predicted octanol–water partition coefficient (Wildman–Crippen LogP) is 3.84. The van der Waals surface area contributed by atoms with Crippen molar-refractivity contribution in [2.45, 2.75) is 50.0 Å². The lowest BCUT2D eigenvalue weighted by Crippen LogP contribution is -2.53. The van der Waals surface area contributed by atoms with Crippen LogP contribution >= 0.6 is 0 Å². The molecule has 1 saturated heterocycles. The highest BCUT2D eigenvalue weighted by Crippen LogP contribution is 2.40. The molecule has 0 bridgehead atoms. The van der Waals surface area contributed by atoms with Gasteiger partial charge in [-0.05, 0) is 29.7 Å². The molecule has 2 heterocycles. The van der Waals surface area contributed by atoms with Crippen molar-refractivity contribution in [3.63, 3.8) is 0 Å². The number of carbonyl (C=O) groups is 2. The van der Waals surface area contributed by atoms with Crippen molar-refractivity contribution in [1.29, 1.82) is 0 Å². The molecule has 1 aromatic heterocycles. The molecule has 0 radical (unpaired) electrons. The quantitative estimate of drug-likeness (QED) is 0.640. The Morgan fingerprint density at radius 2 is 1.97 bits per heavy atom. The molecule has 36 heavy (non-hydrogen) atoms. The number of morpholine rings is 1. The van der Waals surface area contributed by atoms with Crippen LogP contribution < -0.4 is 5.32 Å². The highest BCUT2D eigenvalue weighted by Gasteiger charge is 2.48. The number of likely N-dealkylation sites (N-methyl/N-ethyl adjacent to an activating group) is 1. The molecule has 1 fully saturated rings. The van der Waals surface area contributed by atoms with Gasteiger partial charge >= 0.3 is 12.3 Å². The number of hydrogen-bond donors (Lipinski definition) is 2. The third-order valence-corrected chi connectivity index (χ3v) is 7.07. The summed E-state index contributed by atoms with van der Waals surface area (Å²) in [6, 6.07) is 8.65. The molecule has 1 aliphatic carbocycles. The molecule has 1 aromatic carbocycles. The van der Waals surface area contributed by atoms with E-state index in [1.54, 1.807) is 0 Å². The lowest BCUT2D eigenvalue weighted by molar-refractivity contribution is -0.195. The first-order valence-corrected chi connectivity index (χ1v) is 11.6. The van der Waals surface area contributed by atoms with Crippen LogP contribution in [0.3, 0.4) is 0 Å².